The third-order valence-corrected chi connectivity index (χ3v) is 2.51. The summed E-state index contributed by atoms with van der Waals surface area (Å²) in [4.78, 5) is 15.9. The lowest BCUT2D eigenvalue weighted by Crippen LogP contribution is -2.11. The monoisotopic (exact) mass is 234 g/mol. The van der Waals surface area contributed by atoms with Gasteiger partial charge in [-0.05, 0) is 6.92 Å². The fraction of sp³-hybridized carbons (Fsp3) is 0.111. The maximum absolute atomic E-state index is 11.6. The van der Waals surface area contributed by atoms with Gasteiger partial charge >= 0.3 is 0 Å². The molecule has 2 heterocycles. The topological polar surface area (TPSA) is 91.8 Å². The van der Waals surface area contributed by atoms with Crippen molar-refractivity contribution in [1.82, 2.24) is 10.1 Å². The first-order valence-corrected chi connectivity index (χ1v) is 5.11. The molecule has 0 fully saturated rings. The van der Waals surface area contributed by atoms with Crippen molar-refractivity contribution in [2.24, 2.45) is 0 Å². The SMILES string of the molecule is Cc1cc(C(=O)Nc2ncc(C#N)s2)no1. The minimum atomic E-state index is -0.407. The van der Waals surface area contributed by atoms with Gasteiger partial charge in [0, 0.05) is 6.07 Å². The van der Waals surface area contributed by atoms with Gasteiger partial charge in [-0.25, -0.2) is 4.98 Å². The third kappa shape index (κ3) is 2.07. The summed E-state index contributed by atoms with van der Waals surface area (Å²) in [5.74, 6) is 0.151. The van der Waals surface area contributed by atoms with Crippen LogP contribution in [-0.2, 0) is 0 Å². The second-order valence-electron chi connectivity index (χ2n) is 2.92. The molecule has 2 rings (SSSR count). The van der Waals surface area contributed by atoms with Gasteiger partial charge in [0.2, 0.25) is 0 Å². The van der Waals surface area contributed by atoms with Crippen molar-refractivity contribution >= 4 is 22.4 Å². The van der Waals surface area contributed by atoms with Crippen LogP contribution in [0.15, 0.2) is 16.8 Å². The van der Waals surface area contributed by atoms with Gasteiger partial charge in [0.1, 0.15) is 16.7 Å². The Morgan fingerprint density at radius 1 is 1.69 bits per heavy atom. The van der Waals surface area contributed by atoms with E-state index in [1.165, 1.54) is 12.3 Å². The molecule has 1 N–H and O–H groups in total. The predicted octanol–water partition coefficient (Wildman–Crippen LogP) is 1.56. The highest BCUT2D eigenvalue weighted by Crippen LogP contribution is 2.17. The average Bonchev–Trinajstić information content (AvgIpc) is 2.87. The van der Waals surface area contributed by atoms with Gasteiger partial charge < -0.3 is 4.52 Å². The Kier molecular flexibility index (Phi) is 2.66. The molecule has 80 valence electrons. The van der Waals surface area contributed by atoms with Crippen LogP contribution in [0.25, 0.3) is 0 Å². The zero-order valence-corrected chi connectivity index (χ0v) is 9.04. The Hall–Kier alpha value is -2.20. The first-order chi connectivity index (χ1) is 7.69. The fourth-order valence-electron chi connectivity index (χ4n) is 1.02. The van der Waals surface area contributed by atoms with E-state index in [0.717, 1.165) is 11.3 Å². The van der Waals surface area contributed by atoms with Crippen molar-refractivity contribution in [2.45, 2.75) is 6.92 Å². The molecular formula is C9H6N4O2S. The van der Waals surface area contributed by atoms with Gasteiger partial charge in [-0.1, -0.05) is 16.5 Å². The second kappa shape index (κ2) is 4.12. The van der Waals surface area contributed by atoms with E-state index in [9.17, 15) is 4.79 Å². The van der Waals surface area contributed by atoms with Crippen LogP contribution in [0.4, 0.5) is 5.13 Å². The zero-order valence-electron chi connectivity index (χ0n) is 8.22. The molecule has 2 aromatic heterocycles. The largest absolute Gasteiger partial charge is 0.361 e. The van der Waals surface area contributed by atoms with Crippen molar-refractivity contribution in [2.75, 3.05) is 5.32 Å². The Morgan fingerprint density at radius 3 is 3.06 bits per heavy atom. The molecule has 0 aliphatic heterocycles. The number of amides is 1. The molecule has 0 unspecified atom stereocenters. The molecule has 16 heavy (non-hydrogen) atoms. The number of nitrogens with one attached hydrogen (secondary N) is 1. The van der Waals surface area contributed by atoms with E-state index in [0.29, 0.717) is 15.8 Å². The molecule has 0 atom stereocenters. The number of aryl methyl sites for hydroxylation is 1. The highest BCUT2D eigenvalue weighted by atomic mass is 32.1. The lowest BCUT2D eigenvalue weighted by molar-refractivity contribution is 0.101. The molecule has 6 nitrogen and oxygen atoms in total. The van der Waals surface area contributed by atoms with Gasteiger partial charge in [0.15, 0.2) is 10.8 Å². The zero-order chi connectivity index (χ0) is 11.5. The normalized spacial score (nSPS) is 9.75. The van der Waals surface area contributed by atoms with Crippen LogP contribution in [0.3, 0.4) is 0 Å². The van der Waals surface area contributed by atoms with Gasteiger partial charge in [-0.2, -0.15) is 5.26 Å². The molecule has 7 heteroatoms. The number of carbonyl (C=O) groups excluding carboxylic acids is 1. The summed E-state index contributed by atoms with van der Waals surface area (Å²) in [7, 11) is 0. The summed E-state index contributed by atoms with van der Waals surface area (Å²) in [6.07, 6.45) is 1.40. The summed E-state index contributed by atoms with van der Waals surface area (Å²) < 4.78 is 4.77. The number of aromatic nitrogens is 2. The molecular weight excluding hydrogens is 228 g/mol. The van der Waals surface area contributed by atoms with E-state index < -0.39 is 5.91 Å². The summed E-state index contributed by atoms with van der Waals surface area (Å²) in [5.41, 5.74) is 0.186. The second-order valence-corrected chi connectivity index (χ2v) is 3.95. The van der Waals surface area contributed by atoms with Gasteiger partial charge in [0.05, 0.1) is 6.20 Å². The van der Waals surface area contributed by atoms with E-state index in [-0.39, 0.29) is 5.69 Å². The van der Waals surface area contributed by atoms with Gasteiger partial charge in [-0.3, -0.25) is 10.1 Å². The van der Waals surface area contributed by atoms with Gasteiger partial charge in [0.25, 0.3) is 5.91 Å². The maximum Gasteiger partial charge on any atom is 0.279 e. The van der Waals surface area contributed by atoms with E-state index >= 15 is 0 Å². The molecule has 2 aromatic rings. The smallest absolute Gasteiger partial charge is 0.279 e. The highest BCUT2D eigenvalue weighted by molar-refractivity contribution is 7.16. The third-order valence-electron chi connectivity index (χ3n) is 1.70. The Bertz CT molecular complexity index is 566. The van der Waals surface area contributed by atoms with E-state index in [2.05, 4.69) is 15.5 Å². The molecule has 0 spiro atoms. The molecule has 0 radical (unpaired) electrons. The molecule has 0 aliphatic carbocycles. The van der Waals surface area contributed by atoms with Crippen molar-refractivity contribution in [1.29, 1.82) is 5.26 Å². The average molecular weight is 234 g/mol. The number of anilines is 1. The van der Waals surface area contributed by atoms with Crippen molar-refractivity contribution in [3.05, 3.63) is 28.6 Å². The summed E-state index contributed by atoms with van der Waals surface area (Å²) in [5, 5.41) is 15.0. The van der Waals surface area contributed by atoms with E-state index in [4.69, 9.17) is 9.78 Å². The molecule has 0 aliphatic rings. The molecule has 0 saturated carbocycles. The standard InChI is InChI=1S/C9H6N4O2S/c1-5-2-7(13-15-5)8(14)12-9-11-4-6(3-10)16-9/h2,4H,1H3,(H,11,12,14). The molecule has 1 amide bonds. The number of carbonyl (C=O) groups is 1. The Morgan fingerprint density at radius 2 is 2.50 bits per heavy atom. The van der Waals surface area contributed by atoms with Crippen molar-refractivity contribution < 1.29 is 9.32 Å². The number of hydrogen-bond donors (Lipinski definition) is 1. The first-order valence-electron chi connectivity index (χ1n) is 4.29. The molecule has 0 aromatic carbocycles. The minimum absolute atomic E-state index is 0.186. The number of nitriles is 1. The van der Waals surface area contributed by atoms with Crippen LogP contribution >= 0.6 is 11.3 Å². The minimum Gasteiger partial charge on any atom is -0.361 e. The van der Waals surface area contributed by atoms with Crippen LogP contribution in [-0.4, -0.2) is 16.0 Å². The van der Waals surface area contributed by atoms with Gasteiger partial charge in [-0.15, -0.1) is 0 Å². The maximum atomic E-state index is 11.6. The van der Waals surface area contributed by atoms with Crippen molar-refractivity contribution in [3.8, 4) is 6.07 Å². The Balaban J connectivity index is 2.11. The number of nitrogens with zero attached hydrogens (tertiary/aromatic N) is 3. The molecule has 0 bridgehead atoms. The lowest BCUT2D eigenvalue weighted by atomic mass is 10.4. The number of hydrogen-bond acceptors (Lipinski definition) is 6. The summed E-state index contributed by atoms with van der Waals surface area (Å²) in [6.45, 7) is 1.70. The highest BCUT2D eigenvalue weighted by Gasteiger charge is 2.12. The van der Waals surface area contributed by atoms with E-state index in [1.54, 1.807) is 6.92 Å². The van der Waals surface area contributed by atoms with E-state index in [1.807, 2.05) is 6.07 Å². The van der Waals surface area contributed by atoms with Crippen molar-refractivity contribution in [3.63, 3.8) is 0 Å². The first kappa shape index (κ1) is 10.3. The quantitative estimate of drug-likeness (QED) is 0.851. The summed E-state index contributed by atoms with van der Waals surface area (Å²) >= 11 is 1.10. The number of thiazole rings is 1. The summed E-state index contributed by atoms with van der Waals surface area (Å²) in [6, 6.07) is 3.46. The predicted molar refractivity (Wildman–Crippen MR) is 56.0 cm³/mol. The fourth-order valence-corrected chi connectivity index (χ4v) is 1.63. The Labute approximate surface area is 94.5 Å². The van der Waals surface area contributed by atoms with Crippen LogP contribution in [0, 0.1) is 18.3 Å². The number of rotatable bonds is 2. The van der Waals surface area contributed by atoms with Crippen LogP contribution < -0.4 is 5.32 Å². The molecule has 0 saturated heterocycles. The van der Waals surface area contributed by atoms with Crippen LogP contribution in [0.1, 0.15) is 21.1 Å². The lowest BCUT2D eigenvalue weighted by Gasteiger charge is -1.95. The van der Waals surface area contributed by atoms with Crippen LogP contribution in [0.2, 0.25) is 0 Å². The van der Waals surface area contributed by atoms with Crippen LogP contribution in [0.5, 0.6) is 0 Å².